The van der Waals surface area contributed by atoms with Gasteiger partial charge in [-0.1, -0.05) is 50.9 Å². The lowest BCUT2D eigenvalue weighted by molar-refractivity contribution is 0.592. The highest BCUT2D eigenvalue weighted by molar-refractivity contribution is 9.11. The minimum absolute atomic E-state index is 0.0828. The fourth-order valence-electron chi connectivity index (χ4n) is 1.82. The second kappa shape index (κ2) is 5.93. The summed E-state index contributed by atoms with van der Waals surface area (Å²) in [7, 11) is 0. The van der Waals surface area contributed by atoms with Crippen molar-refractivity contribution in [2.45, 2.75) is 17.7 Å². The molecule has 0 N–H and O–H groups in total. The summed E-state index contributed by atoms with van der Waals surface area (Å²) in [5, 5.41) is 0. The number of hydrogen-bond donors (Lipinski definition) is 0. The highest BCUT2D eigenvalue weighted by Crippen LogP contribution is 2.41. The fourth-order valence-corrected chi connectivity index (χ4v) is 3.45. The molecule has 0 saturated carbocycles. The van der Waals surface area contributed by atoms with E-state index in [4.69, 9.17) is 0 Å². The lowest BCUT2D eigenvalue weighted by Gasteiger charge is -2.20. The van der Waals surface area contributed by atoms with Crippen molar-refractivity contribution in [2.24, 2.45) is 0 Å². The molecule has 0 saturated heterocycles. The first-order valence-electron chi connectivity index (χ1n) is 5.60. The first kappa shape index (κ1) is 13.7. The molecular weight excluding hydrogens is 361 g/mol. The molecule has 0 bridgehead atoms. The summed E-state index contributed by atoms with van der Waals surface area (Å²) in [6.07, 6.45) is 1.75. The van der Waals surface area contributed by atoms with Crippen LogP contribution < -0.4 is 0 Å². The molecule has 0 spiro atoms. The van der Waals surface area contributed by atoms with E-state index in [2.05, 4.69) is 36.8 Å². The summed E-state index contributed by atoms with van der Waals surface area (Å²) in [6.45, 7) is 2.03. The van der Waals surface area contributed by atoms with Gasteiger partial charge in [0, 0.05) is 27.8 Å². The average Bonchev–Trinajstić information content (AvgIpc) is 2.38. The molecule has 0 aliphatic heterocycles. The molecule has 0 aliphatic rings. The summed E-state index contributed by atoms with van der Waals surface area (Å²) < 4.78 is 14.7. The van der Waals surface area contributed by atoms with Gasteiger partial charge in [-0.3, -0.25) is 4.98 Å². The number of alkyl halides is 1. The maximum Gasteiger partial charge on any atom is 0.128 e. The lowest BCUT2D eigenvalue weighted by atomic mass is 9.97. The molecule has 2 aromatic rings. The van der Waals surface area contributed by atoms with E-state index in [-0.39, 0.29) is 16.6 Å². The molecule has 1 aromatic heterocycles. The Balaban J connectivity index is 2.34. The number of nitrogens with zero attached hydrogens (tertiary/aromatic N) is 1. The van der Waals surface area contributed by atoms with Gasteiger partial charge in [0.15, 0.2) is 0 Å². The van der Waals surface area contributed by atoms with Crippen molar-refractivity contribution in [3.05, 3.63) is 64.1 Å². The highest BCUT2D eigenvalue weighted by atomic mass is 79.9. The van der Waals surface area contributed by atoms with E-state index in [1.165, 1.54) is 6.07 Å². The van der Waals surface area contributed by atoms with E-state index in [1.807, 2.05) is 31.2 Å². The van der Waals surface area contributed by atoms with Crippen molar-refractivity contribution in [2.75, 3.05) is 0 Å². The zero-order valence-corrected chi connectivity index (χ0v) is 12.9. The SMILES string of the molecule is CC(c1ccccn1)C(Br)c1c(F)cccc1Br. The van der Waals surface area contributed by atoms with Crippen molar-refractivity contribution in [3.63, 3.8) is 0 Å². The Morgan fingerprint density at radius 2 is 1.94 bits per heavy atom. The third-order valence-corrected chi connectivity index (χ3v) is 4.81. The molecular formula is C14H12Br2FN. The molecule has 2 rings (SSSR count). The molecule has 2 atom stereocenters. The second-order valence-electron chi connectivity index (χ2n) is 4.08. The molecule has 2 unspecified atom stereocenters. The van der Waals surface area contributed by atoms with Crippen LogP contribution in [-0.2, 0) is 0 Å². The van der Waals surface area contributed by atoms with Crippen LogP contribution in [0.15, 0.2) is 47.1 Å². The van der Waals surface area contributed by atoms with E-state index in [0.717, 1.165) is 10.2 Å². The van der Waals surface area contributed by atoms with E-state index >= 15 is 0 Å². The molecule has 4 heteroatoms. The Bertz CT molecular complexity index is 510. The Labute approximate surface area is 123 Å². The largest absolute Gasteiger partial charge is 0.261 e. The molecule has 1 nitrogen and oxygen atoms in total. The molecule has 0 amide bonds. The van der Waals surface area contributed by atoms with Crippen LogP contribution in [0.3, 0.4) is 0 Å². The van der Waals surface area contributed by atoms with Gasteiger partial charge in [0.2, 0.25) is 0 Å². The summed E-state index contributed by atoms with van der Waals surface area (Å²) in [4.78, 5) is 4.19. The third-order valence-electron chi connectivity index (χ3n) is 2.87. The zero-order valence-electron chi connectivity index (χ0n) is 9.78. The summed E-state index contributed by atoms with van der Waals surface area (Å²) in [6, 6.07) is 10.8. The van der Waals surface area contributed by atoms with Gasteiger partial charge < -0.3 is 0 Å². The van der Waals surface area contributed by atoms with Crippen molar-refractivity contribution in [3.8, 4) is 0 Å². The minimum atomic E-state index is -0.214. The normalized spacial score (nSPS) is 14.2. The van der Waals surface area contributed by atoms with Gasteiger partial charge in [0.05, 0.1) is 4.83 Å². The van der Waals surface area contributed by atoms with Crippen LogP contribution in [0.5, 0.6) is 0 Å². The van der Waals surface area contributed by atoms with Crippen molar-refractivity contribution in [1.29, 1.82) is 0 Å². The van der Waals surface area contributed by atoms with E-state index in [1.54, 1.807) is 12.3 Å². The zero-order chi connectivity index (χ0) is 13.1. The summed E-state index contributed by atoms with van der Waals surface area (Å²) in [5.74, 6) is -0.131. The molecule has 1 heterocycles. The molecule has 94 valence electrons. The Morgan fingerprint density at radius 1 is 1.17 bits per heavy atom. The topological polar surface area (TPSA) is 12.9 Å². The smallest absolute Gasteiger partial charge is 0.128 e. The second-order valence-corrected chi connectivity index (χ2v) is 5.92. The van der Waals surface area contributed by atoms with E-state index in [0.29, 0.717) is 5.56 Å². The van der Waals surface area contributed by atoms with E-state index in [9.17, 15) is 4.39 Å². The van der Waals surface area contributed by atoms with Crippen LogP contribution in [0.1, 0.15) is 28.9 Å². The average molecular weight is 373 g/mol. The van der Waals surface area contributed by atoms with Crippen LogP contribution in [0, 0.1) is 5.82 Å². The van der Waals surface area contributed by atoms with Gasteiger partial charge in [-0.05, 0) is 24.3 Å². The number of halogens is 3. The minimum Gasteiger partial charge on any atom is -0.261 e. The van der Waals surface area contributed by atoms with Crippen molar-refractivity contribution < 1.29 is 4.39 Å². The van der Waals surface area contributed by atoms with Crippen LogP contribution in [-0.4, -0.2) is 4.98 Å². The molecule has 0 radical (unpaired) electrons. The number of pyridine rings is 1. The monoisotopic (exact) mass is 371 g/mol. The van der Waals surface area contributed by atoms with Gasteiger partial charge in [-0.25, -0.2) is 4.39 Å². The van der Waals surface area contributed by atoms with Gasteiger partial charge >= 0.3 is 0 Å². The predicted molar refractivity (Wildman–Crippen MR) is 78.4 cm³/mol. The van der Waals surface area contributed by atoms with Gasteiger partial charge in [0.25, 0.3) is 0 Å². The first-order valence-corrected chi connectivity index (χ1v) is 7.31. The Hall–Kier alpha value is -0.740. The Kier molecular flexibility index (Phi) is 4.51. The highest BCUT2D eigenvalue weighted by Gasteiger charge is 2.23. The number of rotatable bonds is 3. The number of hydrogen-bond acceptors (Lipinski definition) is 1. The van der Waals surface area contributed by atoms with E-state index < -0.39 is 0 Å². The summed E-state index contributed by atoms with van der Waals surface area (Å²) >= 11 is 6.98. The van der Waals surface area contributed by atoms with Crippen LogP contribution in [0.4, 0.5) is 4.39 Å². The van der Waals surface area contributed by atoms with Crippen LogP contribution >= 0.6 is 31.9 Å². The van der Waals surface area contributed by atoms with Crippen LogP contribution in [0.2, 0.25) is 0 Å². The maximum atomic E-state index is 13.9. The Morgan fingerprint density at radius 3 is 2.56 bits per heavy atom. The predicted octanol–water partition coefficient (Wildman–Crippen LogP) is 5.22. The summed E-state index contributed by atoms with van der Waals surface area (Å²) in [5.41, 5.74) is 1.57. The molecule has 0 aliphatic carbocycles. The van der Waals surface area contributed by atoms with Crippen LogP contribution in [0.25, 0.3) is 0 Å². The fraction of sp³-hybridized carbons (Fsp3) is 0.214. The first-order chi connectivity index (χ1) is 8.61. The van der Waals surface area contributed by atoms with Crippen molar-refractivity contribution >= 4 is 31.9 Å². The number of benzene rings is 1. The lowest BCUT2D eigenvalue weighted by Crippen LogP contribution is -2.06. The van der Waals surface area contributed by atoms with Gasteiger partial charge in [-0.2, -0.15) is 0 Å². The van der Waals surface area contributed by atoms with Crippen molar-refractivity contribution in [1.82, 2.24) is 4.98 Å². The van der Waals surface area contributed by atoms with Gasteiger partial charge in [-0.15, -0.1) is 0 Å². The third kappa shape index (κ3) is 2.81. The molecule has 1 aromatic carbocycles. The molecule has 18 heavy (non-hydrogen) atoms. The molecule has 0 fully saturated rings. The quantitative estimate of drug-likeness (QED) is 0.673. The number of aromatic nitrogens is 1. The standard InChI is InChI=1S/C14H12Br2FN/c1-9(12-7-2-3-8-18-12)14(16)13-10(15)5-4-6-11(13)17/h2-9,14H,1H3. The maximum absolute atomic E-state index is 13.9. The van der Waals surface area contributed by atoms with Gasteiger partial charge in [0.1, 0.15) is 5.82 Å².